The van der Waals surface area contributed by atoms with E-state index in [0.29, 0.717) is 64.6 Å². The second-order valence-corrected chi connectivity index (χ2v) is 25.3. The SMILES string of the molecule is CCCCCCCCCC[C@@H](O)CC(CCCC[C@@H](NC(=O)[C@@H](CCCCN(C[C@@H](O)CCCCCCCCCC)C[C@@H](O)CCCCCCCCCC)NC(=O)OC(C)(C)C)C(=O)OC)C[C@H](O)CCCCCCCCCC. The molecule has 6 N–H and O–H groups in total. The lowest BCUT2D eigenvalue weighted by molar-refractivity contribution is -0.145. The first-order valence-electron chi connectivity index (χ1n) is 33.9. The topological polar surface area (TPSA) is 178 Å². The molecule has 6 atom stereocenters. The summed E-state index contributed by atoms with van der Waals surface area (Å²) < 4.78 is 10.8. The summed E-state index contributed by atoms with van der Waals surface area (Å²) in [4.78, 5) is 42.8. The number of rotatable bonds is 58. The van der Waals surface area contributed by atoms with Gasteiger partial charge < -0.3 is 40.5 Å². The lowest BCUT2D eigenvalue weighted by atomic mass is 9.87. The van der Waals surface area contributed by atoms with Gasteiger partial charge in [-0.05, 0) is 97.4 Å². The number of aliphatic hydroxyl groups is 4. The van der Waals surface area contributed by atoms with E-state index in [0.717, 1.165) is 89.9 Å². The van der Waals surface area contributed by atoms with Gasteiger partial charge in [0.1, 0.15) is 17.7 Å². The number of nitrogens with zero attached hydrogens (tertiary/aromatic N) is 1. The van der Waals surface area contributed by atoms with Crippen molar-refractivity contribution in [3.05, 3.63) is 0 Å². The maximum absolute atomic E-state index is 14.2. The van der Waals surface area contributed by atoms with Crippen LogP contribution in [-0.4, -0.2) is 112 Å². The van der Waals surface area contributed by atoms with Crippen molar-refractivity contribution in [1.29, 1.82) is 0 Å². The molecule has 470 valence electrons. The van der Waals surface area contributed by atoms with Gasteiger partial charge in [-0.2, -0.15) is 0 Å². The molecule has 0 unspecified atom stereocenters. The molecule has 0 saturated carbocycles. The average Bonchev–Trinajstić information content (AvgIpc) is 3.40. The van der Waals surface area contributed by atoms with Crippen LogP contribution in [0.15, 0.2) is 0 Å². The van der Waals surface area contributed by atoms with Gasteiger partial charge in [-0.15, -0.1) is 0 Å². The molecule has 0 bridgehead atoms. The third-order valence-corrected chi connectivity index (χ3v) is 16.1. The normalized spacial score (nSPS) is 14.3. The number of alkyl carbamates (subject to hydrolysis) is 1. The highest BCUT2D eigenvalue weighted by molar-refractivity contribution is 5.89. The van der Waals surface area contributed by atoms with E-state index in [-0.39, 0.29) is 5.92 Å². The summed E-state index contributed by atoms with van der Waals surface area (Å²) in [5, 5.41) is 50.6. The smallest absolute Gasteiger partial charge is 0.408 e. The first-order chi connectivity index (χ1) is 38.1. The van der Waals surface area contributed by atoms with Gasteiger partial charge in [0.2, 0.25) is 5.91 Å². The van der Waals surface area contributed by atoms with Crippen molar-refractivity contribution in [3.63, 3.8) is 0 Å². The van der Waals surface area contributed by atoms with Crippen LogP contribution in [0, 0.1) is 5.92 Å². The van der Waals surface area contributed by atoms with E-state index >= 15 is 0 Å². The van der Waals surface area contributed by atoms with Crippen molar-refractivity contribution in [1.82, 2.24) is 15.5 Å². The second kappa shape index (κ2) is 54.0. The average molecular weight is 1120 g/mol. The van der Waals surface area contributed by atoms with Gasteiger partial charge in [0.05, 0.1) is 31.5 Å². The highest BCUT2D eigenvalue weighted by Gasteiger charge is 2.29. The van der Waals surface area contributed by atoms with Gasteiger partial charge in [0, 0.05) is 13.1 Å². The molecule has 0 aromatic rings. The molecule has 0 spiro atoms. The number of hydrogen-bond acceptors (Lipinski definition) is 10. The van der Waals surface area contributed by atoms with Crippen LogP contribution in [0.4, 0.5) is 4.79 Å². The molecule has 0 aromatic heterocycles. The standard InChI is InChI=1S/C67H133N3O9/c1-9-13-17-21-25-29-33-37-46-58(71)53-57(54-59(72)47-38-34-30-26-22-18-14-10-2)45-41-42-51-63(65(76)78-8)68-64(75)62(69-66(77)79-67(5,6)7)50-43-44-52-70(55-60(73)48-39-35-31-27-23-19-15-11-3)56-61(74)49-40-36-32-28-24-20-16-12-4/h57-63,71-74H,9-56H2,1-8H3,(H,68,75)(H,69,77)/t58-,59-,60+,61+,62-,63-/m1/s1. The molecule has 0 aromatic carbocycles. The molecule has 0 aliphatic carbocycles. The van der Waals surface area contributed by atoms with Crippen LogP contribution in [0.3, 0.4) is 0 Å². The summed E-state index contributed by atoms with van der Waals surface area (Å²) >= 11 is 0. The van der Waals surface area contributed by atoms with E-state index in [1.807, 2.05) is 0 Å². The van der Waals surface area contributed by atoms with E-state index in [1.165, 1.54) is 161 Å². The molecule has 79 heavy (non-hydrogen) atoms. The fourth-order valence-electron chi connectivity index (χ4n) is 11.3. The third-order valence-electron chi connectivity index (χ3n) is 16.1. The summed E-state index contributed by atoms with van der Waals surface area (Å²) in [5.74, 6) is -0.881. The largest absolute Gasteiger partial charge is 0.467 e. The third kappa shape index (κ3) is 50.3. The number of methoxy groups -OCH3 is 1. The van der Waals surface area contributed by atoms with Crippen molar-refractivity contribution in [3.8, 4) is 0 Å². The Kier molecular flexibility index (Phi) is 52.6. The van der Waals surface area contributed by atoms with Crippen LogP contribution in [0.25, 0.3) is 0 Å². The zero-order valence-corrected chi connectivity index (χ0v) is 53.3. The lowest BCUT2D eigenvalue weighted by Crippen LogP contribution is -2.52. The summed E-state index contributed by atoms with van der Waals surface area (Å²) in [6.45, 7) is 15.9. The fraction of sp³-hybridized carbons (Fsp3) is 0.955. The summed E-state index contributed by atoms with van der Waals surface area (Å²) in [6, 6.07) is -1.88. The van der Waals surface area contributed by atoms with Crippen molar-refractivity contribution < 1.29 is 44.3 Å². The molecule has 0 heterocycles. The Hall–Kier alpha value is -1.99. The number of amides is 2. The maximum Gasteiger partial charge on any atom is 0.408 e. The Morgan fingerprint density at radius 1 is 0.405 bits per heavy atom. The number of hydrogen-bond donors (Lipinski definition) is 6. The Morgan fingerprint density at radius 3 is 1.09 bits per heavy atom. The number of ether oxygens (including phenoxy) is 2. The molecule has 0 saturated heterocycles. The minimum atomic E-state index is -0.968. The predicted molar refractivity (Wildman–Crippen MR) is 332 cm³/mol. The van der Waals surface area contributed by atoms with E-state index in [4.69, 9.17) is 9.47 Å². The van der Waals surface area contributed by atoms with Gasteiger partial charge in [-0.3, -0.25) is 9.69 Å². The fourth-order valence-corrected chi connectivity index (χ4v) is 11.3. The Morgan fingerprint density at radius 2 is 0.722 bits per heavy atom. The number of aliphatic hydroxyl groups excluding tert-OH is 4. The van der Waals surface area contributed by atoms with Crippen LogP contribution in [0.5, 0.6) is 0 Å². The second-order valence-electron chi connectivity index (χ2n) is 25.3. The predicted octanol–water partition coefficient (Wildman–Crippen LogP) is 16.5. The van der Waals surface area contributed by atoms with Crippen molar-refractivity contribution >= 4 is 18.0 Å². The molecule has 0 aliphatic rings. The Labute approximate surface area is 488 Å². The molecule has 0 fully saturated rings. The molecule has 2 amide bonds. The zero-order valence-electron chi connectivity index (χ0n) is 53.3. The number of unbranched alkanes of at least 4 members (excludes halogenated alkanes) is 30. The minimum absolute atomic E-state index is 0.147. The molecule has 0 aliphatic heterocycles. The Balaban J connectivity index is 5.80. The summed E-state index contributed by atoms with van der Waals surface area (Å²) in [5.41, 5.74) is -0.782. The monoisotopic (exact) mass is 1120 g/mol. The molecule has 12 heteroatoms. The first-order valence-corrected chi connectivity index (χ1v) is 33.9. The number of esters is 1. The summed E-state index contributed by atoms with van der Waals surface area (Å²) in [7, 11) is 1.32. The minimum Gasteiger partial charge on any atom is -0.467 e. The maximum atomic E-state index is 14.2. The van der Waals surface area contributed by atoms with E-state index in [2.05, 4.69) is 43.2 Å². The van der Waals surface area contributed by atoms with Gasteiger partial charge in [0.15, 0.2) is 0 Å². The quantitative estimate of drug-likeness (QED) is 0.0254. The van der Waals surface area contributed by atoms with Crippen molar-refractivity contribution in [2.45, 2.75) is 380 Å². The van der Waals surface area contributed by atoms with Crippen LogP contribution in [0.1, 0.15) is 337 Å². The molecule has 0 rings (SSSR count). The van der Waals surface area contributed by atoms with Crippen LogP contribution in [0.2, 0.25) is 0 Å². The van der Waals surface area contributed by atoms with Crippen molar-refractivity contribution in [2.75, 3.05) is 26.7 Å². The van der Waals surface area contributed by atoms with Crippen molar-refractivity contribution in [2.24, 2.45) is 5.92 Å². The number of carbonyl (C=O) groups excluding carboxylic acids is 3. The van der Waals surface area contributed by atoms with E-state index in [1.54, 1.807) is 20.8 Å². The highest BCUT2D eigenvalue weighted by atomic mass is 16.6. The highest BCUT2D eigenvalue weighted by Crippen LogP contribution is 2.26. The van der Waals surface area contributed by atoms with Gasteiger partial charge in [-0.25, -0.2) is 9.59 Å². The van der Waals surface area contributed by atoms with Gasteiger partial charge in [0.25, 0.3) is 0 Å². The molecule has 12 nitrogen and oxygen atoms in total. The van der Waals surface area contributed by atoms with E-state index in [9.17, 15) is 34.8 Å². The Bertz CT molecular complexity index is 1310. The van der Waals surface area contributed by atoms with E-state index < -0.39 is 60.1 Å². The van der Waals surface area contributed by atoms with Gasteiger partial charge >= 0.3 is 12.1 Å². The number of nitrogens with one attached hydrogen (secondary N) is 2. The van der Waals surface area contributed by atoms with Crippen LogP contribution in [-0.2, 0) is 19.1 Å². The zero-order chi connectivity index (χ0) is 58.6. The lowest BCUT2D eigenvalue weighted by Gasteiger charge is -2.28. The van der Waals surface area contributed by atoms with Crippen LogP contribution < -0.4 is 10.6 Å². The summed E-state index contributed by atoms with van der Waals surface area (Å²) in [6.07, 6.45) is 44.8. The van der Waals surface area contributed by atoms with Gasteiger partial charge in [-0.1, -0.05) is 252 Å². The molecular weight excluding hydrogens is 991 g/mol. The number of carbonyl (C=O) groups is 3. The molecule has 0 radical (unpaired) electrons. The first kappa shape index (κ1) is 77.0. The molecular formula is C67H133N3O9. The van der Waals surface area contributed by atoms with Crippen LogP contribution >= 0.6 is 0 Å².